The van der Waals surface area contributed by atoms with Crippen LogP contribution >= 0.6 is 11.6 Å². The molecule has 8 heavy (non-hydrogen) atoms. The van der Waals surface area contributed by atoms with E-state index in [-0.39, 0.29) is 0 Å². The van der Waals surface area contributed by atoms with Crippen molar-refractivity contribution in [2.45, 2.75) is 6.18 Å². The van der Waals surface area contributed by atoms with E-state index in [9.17, 15) is 13.2 Å². The Morgan fingerprint density at radius 2 is 1.38 bits per heavy atom. The molecule has 4 heteroatoms. The summed E-state index contributed by atoms with van der Waals surface area (Å²) in [6.45, 7) is 6.00. The lowest BCUT2D eigenvalue weighted by Gasteiger charge is -1.94. The van der Waals surface area contributed by atoms with Crippen LogP contribution in [0.5, 0.6) is 0 Å². The second-order valence-electron chi connectivity index (χ2n) is 0.749. The van der Waals surface area contributed by atoms with Gasteiger partial charge in [0.25, 0.3) is 0 Å². The smallest absolute Gasteiger partial charge is 0.170 e. The lowest BCUT2D eigenvalue weighted by Crippen LogP contribution is -2.07. The first-order valence-corrected chi connectivity index (χ1v) is 2.22. The summed E-state index contributed by atoms with van der Waals surface area (Å²) in [4.78, 5) is 0. The van der Waals surface area contributed by atoms with Crippen molar-refractivity contribution in [3.05, 3.63) is 13.2 Å². The zero-order chi connectivity index (χ0) is 7.21. The van der Waals surface area contributed by atoms with Crippen LogP contribution in [0.25, 0.3) is 0 Å². The number of rotatable bonds is 0. The van der Waals surface area contributed by atoms with Gasteiger partial charge < -0.3 is 0 Å². The summed E-state index contributed by atoms with van der Waals surface area (Å²) >= 11 is 4.35. The highest BCUT2D eigenvalue weighted by molar-refractivity contribution is 6.18. The summed E-state index contributed by atoms with van der Waals surface area (Å²) in [5.74, 6) is -1.26. The van der Waals surface area contributed by atoms with Gasteiger partial charge in [-0.3, -0.25) is 0 Å². The van der Waals surface area contributed by atoms with Crippen LogP contribution in [0, 0.1) is 0 Å². The predicted molar refractivity (Wildman–Crippen MR) is 28.0 cm³/mol. The van der Waals surface area contributed by atoms with Crippen LogP contribution < -0.4 is 0 Å². The molecule has 0 aliphatic carbocycles. The molecule has 0 aliphatic heterocycles. The Morgan fingerprint density at radius 3 is 1.38 bits per heavy atom. The summed E-state index contributed by atoms with van der Waals surface area (Å²) in [6, 6.07) is 0. The van der Waals surface area contributed by atoms with Crippen LogP contribution in [0.3, 0.4) is 0 Å². The molecule has 0 aliphatic rings. The number of halogens is 4. The van der Waals surface area contributed by atoms with Crippen LogP contribution in [0.4, 0.5) is 13.2 Å². The van der Waals surface area contributed by atoms with E-state index in [1.165, 1.54) is 0 Å². The van der Waals surface area contributed by atoms with Gasteiger partial charge in [-0.1, -0.05) is 0 Å². The molecule has 0 aromatic carbocycles. The van der Waals surface area contributed by atoms with Crippen molar-refractivity contribution in [2.75, 3.05) is 5.88 Å². The lowest BCUT2D eigenvalue weighted by atomic mass is 10.8. The Bertz CT molecular complexity index is 49.7. The van der Waals surface area contributed by atoms with Crippen LogP contribution in [-0.4, -0.2) is 12.1 Å². The topological polar surface area (TPSA) is 0 Å². The maximum Gasteiger partial charge on any atom is 0.402 e. The highest BCUT2D eigenvalue weighted by atomic mass is 35.5. The van der Waals surface area contributed by atoms with Crippen molar-refractivity contribution in [2.24, 2.45) is 0 Å². The van der Waals surface area contributed by atoms with E-state index in [0.717, 1.165) is 0 Å². The minimum Gasteiger partial charge on any atom is -0.170 e. The fourth-order valence-electron chi connectivity index (χ4n) is 0. The number of alkyl halides is 4. The zero-order valence-corrected chi connectivity index (χ0v) is 4.89. The lowest BCUT2D eigenvalue weighted by molar-refractivity contribution is -0.106. The molecule has 0 heterocycles. The molecule has 0 atom stereocenters. The Balaban J connectivity index is 0. The third kappa shape index (κ3) is 17.0. The molecule has 0 saturated carbocycles. The van der Waals surface area contributed by atoms with Gasteiger partial charge in [-0.25, -0.2) is 0 Å². The van der Waals surface area contributed by atoms with Crippen molar-refractivity contribution in [1.29, 1.82) is 0 Å². The second kappa shape index (κ2) is 4.97. The Hall–Kier alpha value is -0.180. The van der Waals surface area contributed by atoms with Gasteiger partial charge in [0.15, 0.2) is 0 Å². The van der Waals surface area contributed by atoms with Gasteiger partial charge in [-0.05, 0) is 0 Å². The molecule has 0 nitrogen and oxygen atoms in total. The monoisotopic (exact) mass is 146 g/mol. The van der Waals surface area contributed by atoms with Crippen LogP contribution in [0.1, 0.15) is 0 Å². The molecule has 0 rings (SSSR count). The molecule has 0 N–H and O–H groups in total. The maximum atomic E-state index is 10.7. The van der Waals surface area contributed by atoms with Crippen molar-refractivity contribution < 1.29 is 13.2 Å². The normalized spacial score (nSPS) is 9.50. The van der Waals surface area contributed by atoms with Gasteiger partial charge >= 0.3 is 6.18 Å². The Morgan fingerprint density at radius 1 is 1.25 bits per heavy atom. The third-order valence-electron chi connectivity index (χ3n) is 0.152. The Kier molecular flexibility index (Phi) is 6.67. The van der Waals surface area contributed by atoms with Gasteiger partial charge in [-0.2, -0.15) is 13.2 Å². The minimum absolute atomic E-state index is 1.26. The molecule has 0 saturated heterocycles. The van der Waals surface area contributed by atoms with E-state index in [4.69, 9.17) is 0 Å². The van der Waals surface area contributed by atoms with E-state index in [0.29, 0.717) is 0 Å². The van der Waals surface area contributed by atoms with Crippen molar-refractivity contribution in [1.82, 2.24) is 0 Å². The zero-order valence-electron chi connectivity index (χ0n) is 4.13. The average molecular weight is 147 g/mol. The Labute approximate surface area is 51.0 Å². The summed E-state index contributed by atoms with van der Waals surface area (Å²) in [6.07, 6.45) is -4.19. The molecule has 0 bridgehead atoms. The van der Waals surface area contributed by atoms with Crippen LogP contribution in [-0.2, 0) is 0 Å². The fraction of sp³-hybridized carbons (Fsp3) is 0.500. The largest absolute Gasteiger partial charge is 0.402 e. The predicted octanol–water partition coefficient (Wildman–Crippen LogP) is 2.59. The molecule has 0 amide bonds. The molecule has 0 radical (unpaired) electrons. The van der Waals surface area contributed by atoms with E-state index >= 15 is 0 Å². The SMILES string of the molecule is C=C.FC(F)(F)CCl. The second-order valence-corrected chi connectivity index (χ2v) is 1.02. The van der Waals surface area contributed by atoms with Crippen LogP contribution in [0.15, 0.2) is 13.2 Å². The van der Waals surface area contributed by atoms with Crippen molar-refractivity contribution in [3.63, 3.8) is 0 Å². The highest BCUT2D eigenvalue weighted by Gasteiger charge is 2.24. The number of hydrogen-bond acceptors (Lipinski definition) is 0. The molecule has 0 unspecified atom stereocenters. The van der Waals surface area contributed by atoms with E-state index < -0.39 is 12.1 Å². The van der Waals surface area contributed by atoms with Gasteiger partial charge in [0, 0.05) is 0 Å². The van der Waals surface area contributed by atoms with E-state index in [1.807, 2.05) is 0 Å². The number of hydrogen-bond donors (Lipinski definition) is 0. The molecule has 0 aromatic rings. The summed E-state index contributed by atoms with van der Waals surface area (Å²) < 4.78 is 32.0. The summed E-state index contributed by atoms with van der Waals surface area (Å²) in [5, 5.41) is 0. The summed E-state index contributed by atoms with van der Waals surface area (Å²) in [5.41, 5.74) is 0. The van der Waals surface area contributed by atoms with E-state index in [1.54, 1.807) is 0 Å². The molecule has 0 spiro atoms. The van der Waals surface area contributed by atoms with Gasteiger partial charge in [0.1, 0.15) is 5.88 Å². The van der Waals surface area contributed by atoms with Gasteiger partial charge in [0.05, 0.1) is 0 Å². The van der Waals surface area contributed by atoms with Crippen LogP contribution in [0.2, 0.25) is 0 Å². The van der Waals surface area contributed by atoms with Gasteiger partial charge in [0.2, 0.25) is 0 Å². The maximum absolute atomic E-state index is 10.7. The standard InChI is InChI=1S/C2H2ClF3.C2H4/c3-1-2(4,5)6;1-2/h1H2;1-2H2. The van der Waals surface area contributed by atoms with Crippen molar-refractivity contribution >= 4 is 11.6 Å². The highest BCUT2D eigenvalue weighted by Crippen LogP contribution is 2.14. The summed E-state index contributed by atoms with van der Waals surface area (Å²) in [7, 11) is 0. The quantitative estimate of drug-likeness (QED) is 0.364. The molecule has 0 fully saturated rings. The first-order valence-electron chi connectivity index (χ1n) is 1.69. The first kappa shape index (κ1) is 10.7. The van der Waals surface area contributed by atoms with Crippen molar-refractivity contribution in [3.8, 4) is 0 Å². The average Bonchev–Trinajstić information content (AvgIpc) is 1.71. The minimum atomic E-state index is -4.19. The molecular weight excluding hydrogens is 140 g/mol. The molecule has 0 aromatic heterocycles. The fourth-order valence-corrected chi connectivity index (χ4v) is 0. The molecule has 50 valence electrons. The third-order valence-corrected chi connectivity index (χ3v) is 0.455. The van der Waals surface area contributed by atoms with Gasteiger partial charge in [-0.15, -0.1) is 24.8 Å². The van der Waals surface area contributed by atoms with E-state index in [2.05, 4.69) is 24.8 Å². The first-order chi connectivity index (χ1) is 3.56. The molecular formula is C4H6ClF3.